The fourth-order valence-corrected chi connectivity index (χ4v) is 2.98. The van der Waals surface area contributed by atoms with E-state index < -0.39 is 0 Å². The average Bonchev–Trinajstić information content (AvgIpc) is 3.14. The predicted molar refractivity (Wildman–Crippen MR) is 89.1 cm³/mol. The zero-order valence-corrected chi connectivity index (χ0v) is 13.4. The average molecular weight is 314 g/mol. The Morgan fingerprint density at radius 1 is 1.18 bits per heavy atom. The third-order valence-electron chi connectivity index (χ3n) is 3.25. The van der Waals surface area contributed by atoms with Crippen molar-refractivity contribution in [1.82, 2.24) is 25.2 Å². The van der Waals surface area contributed by atoms with Gasteiger partial charge in [-0.25, -0.2) is 0 Å². The zero-order valence-electron chi connectivity index (χ0n) is 12.6. The molecule has 3 aromatic heterocycles. The van der Waals surface area contributed by atoms with Crippen LogP contribution in [-0.2, 0) is 13.1 Å². The van der Waals surface area contributed by atoms with Crippen LogP contribution in [0.15, 0.2) is 41.5 Å². The Morgan fingerprint density at radius 3 is 2.82 bits per heavy atom. The smallest absolute Gasteiger partial charge is 0.191 e. The molecule has 0 atom stereocenters. The topological polar surface area (TPSA) is 66.6 Å². The van der Waals surface area contributed by atoms with Crippen molar-refractivity contribution in [3.63, 3.8) is 0 Å². The molecule has 0 aliphatic carbocycles. The Labute approximate surface area is 132 Å². The van der Waals surface area contributed by atoms with Crippen molar-refractivity contribution >= 4 is 22.9 Å². The van der Waals surface area contributed by atoms with Crippen LogP contribution in [0.3, 0.4) is 0 Å². The minimum atomic E-state index is 0.564. The summed E-state index contributed by atoms with van der Waals surface area (Å²) in [6, 6.07) is 10.1. The lowest BCUT2D eigenvalue weighted by molar-refractivity contribution is 0.765. The molecule has 3 aromatic rings. The first kappa shape index (κ1) is 14.5. The number of hydrogen-bond acceptors (Lipinski definition) is 4. The first-order valence-electron chi connectivity index (χ1n) is 7.05. The summed E-state index contributed by atoms with van der Waals surface area (Å²) in [4.78, 5) is 6.83. The monoisotopic (exact) mass is 314 g/mol. The maximum absolute atomic E-state index is 4.23. The van der Waals surface area contributed by atoms with Crippen molar-refractivity contribution < 1.29 is 0 Å². The number of guanidine groups is 1. The second-order valence-corrected chi connectivity index (χ2v) is 6.21. The third-order valence-corrected chi connectivity index (χ3v) is 4.25. The largest absolute Gasteiger partial charge is 0.352 e. The number of rotatable bonds is 4. The number of aromatic nitrogens is 3. The summed E-state index contributed by atoms with van der Waals surface area (Å²) in [5, 5.41) is 14.9. The van der Waals surface area contributed by atoms with Crippen molar-refractivity contribution in [2.45, 2.75) is 20.0 Å². The first-order valence-corrected chi connectivity index (χ1v) is 7.86. The molecule has 0 saturated carbocycles. The molecule has 22 heavy (non-hydrogen) atoms. The van der Waals surface area contributed by atoms with Gasteiger partial charge in [0.15, 0.2) is 17.4 Å². The van der Waals surface area contributed by atoms with Gasteiger partial charge in [-0.2, -0.15) is 0 Å². The van der Waals surface area contributed by atoms with Crippen molar-refractivity contribution in [2.24, 2.45) is 4.99 Å². The number of fused-ring (bicyclic) bond motifs is 1. The quantitative estimate of drug-likeness (QED) is 0.571. The Morgan fingerprint density at radius 2 is 2.05 bits per heavy atom. The van der Waals surface area contributed by atoms with Crippen LogP contribution in [0.5, 0.6) is 0 Å². The fourth-order valence-electron chi connectivity index (χ4n) is 2.15. The molecule has 0 aromatic carbocycles. The number of thiophene rings is 1. The van der Waals surface area contributed by atoms with Crippen LogP contribution in [0.1, 0.15) is 15.6 Å². The highest BCUT2D eigenvalue weighted by molar-refractivity contribution is 7.11. The van der Waals surface area contributed by atoms with E-state index in [4.69, 9.17) is 0 Å². The van der Waals surface area contributed by atoms with Crippen LogP contribution in [0.4, 0.5) is 0 Å². The van der Waals surface area contributed by atoms with E-state index in [2.05, 4.69) is 44.9 Å². The summed E-state index contributed by atoms with van der Waals surface area (Å²) >= 11 is 1.79. The molecule has 114 valence electrons. The maximum Gasteiger partial charge on any atom is 0.191 e. The second-order valence-electron chi connectivity index (χ2n) is 4.84. The van der Waals surface area contributed by atoms with E-state index in [0.29, 0.717) is 6.54 Å². The Balaban J connectivity index is 1.59. The summed E-state index contributed by atoms with van der Waals surface area (Å²) in [5.74, 6) is 1.60. The van der Waals surface area contributed by atoms with Crippen molar-refractivity contribution in [3.05, 3.63) is 52.1 Å². The van der Waals surface area contributed by atoms with E-state index in [-0.39, 0.29) is 0 Å². The third kappa shape index (κ3) is 3.25. The summed E-state index contributed by atoms with van der Waals surface area (Å²) < 4.78 is 1.96. The predicted octanol–water partition coefficient (Wildman–Crippen LogP) is 1.96. The lowest BCUT2D eigenvalue weighted by atomic mass is 10.4. The van der Waals surface area contributed by atoms with Gasteiger partial charge in [0.05, 0.1) is 13.1 Å². The lowest BCUT2D eigenvalue weighted by Crippen LogP contribution is -2.36. The van der Waals surface area contributed by atoms with Gasteiger partial charge < -0.3 is 10.6 Å². The minimum absolute atomic E-state index is 0.564. The molecule has 0 saturated heterocycles. The molecule has 2 N–H and O–H groups in total. The maximum atomic E-state index is 4.23. The second kappa shape index (κ2) is 6.57. The molecular formula is C15H18N6S. The van der Waals surface area contributed by atoms with Gasteiger partial charge in [-0.15, -0.1) is 21.5 Å². The van der Waals surface area contributed by atoms with Crippen LogP contribution in [0.25, 0.3) is 5.65 Å². The highest BCUT2D eigenvalue weighted by Gasteiger charge is 2.06. The first-order chi connectivity index (χ1) is 10.8. The van der Waals surface area contributed by atoms with E-state index in [0.717, 1.165) is 24.0 Å². The molecule has 7 heteroatoms. The summed E-state index contributed by atoms with van der Waals surface area (Å²) in [6.07, 6.45) is 1.96. The van der Waals surface area contributed by atoms with Gasteiger partial charge in [-0.3, -0.25) is 9.39 Å². The standard InChI is InChI=1S/C15H18N6S/c1-11-6-7-12(22-11)9-17-15(16-2)18-10-14-20-19-13-5-3-4-8-21(13)14/h3-8H,9-10H2,1-2H3,(H2,16,17,18). The molecule has 6 nitrogen and oxygen atoms in total. The molecule has 0 unspecified atom stereocenters. The van der Waals surface area contributed by atoms with Gasteiger partial charge in [0, 0.05) is 23.0 Å². The summed E-state index contributed by atoms with van der Waals surface area (Å²) in [6.45, 7) is 3.44. The Hall–Kier alpha value is -2.41. The van der Waals surface area contributed by atoms with Crippen molar-refractivity contribution in [3.8, 4) is 0 Å². The van der Waals surface area contributed by atoms with E-state index in [9.17, 15) is 0 Å². The molecule has 3 heterocycles. The summed E-state index contributed by atoms with van der Waals surface area (Å²) in [5.41, 5.74) is 0.844. The number of nitrogens with one attached hydrogen (secondary N) is 2. The van der Waals surface area contributed by atoms with Crippen LogP contribution >= 0.6 is 11.3 Å². The normalized spacial score (nSPS) is 11.8. The Bertz CT molecular complexity index is 788. The van der Waals surface area contributed by atoms with E-state index >= 15 is 0 Å². The molecule has 0 aliphatic rings. The number of aryl methyl sites for hydroxylation is 1. The van der Waals surface area contributed by atoms with Gasteiger partial charge in [0.1, 0.15) is 0 Å². The van der Waals surface area contributed by atoms with Gasteiger partial charge in [0.2, 0.25) is 0 Å². The molecule has 0 spiro atoms. The van der Waals surface area contributed by atoms with Crippen molar-refractivity contribution in [2.75, 3.05) is 7.05 Å². The summed E-state index contributed by atoms with van der Waals surface area (Å²) in [7, 11) is 1.76. The number of nitrogens with zero attached hydrogens (tertiary/aromatic N) is 4. The SMILES string of the molecule is CN=C(NCc1ccc(C)s1)NCc1nnc2ccccn12. The highest BCUT2D eigenvalue weighted by atomic mass is 32.1. The number of pyridine rings is 1. The lowest BCUT2D eigenvalue weighted by Gasteiger charge is -2.10. The fraction of sp³-hybridized carbons (Fsp3) is 0.267. The molecule has 3 rings (SSSR count). The van der Waals surface area contributed by atoms with E-state index in [1.54, 1.807) is 18.4 Å². The highest BCUT2D eigenvalue weighted by Crippen LogP contribution is 2.14. The molecule has 0 fully saturated rings. The molecular weight excluding hydrogens is 296 g/mol. The van der Waals surface area contributed by atoms with E-state index in [1.807, 2.05) is 28.8 Å². The zero-order chi connectivity index (χ0) is 15.4. The molecule has 0 bridgehead atoms. The van der Waals surface area contributed by atoms with Crippen LogP contribution < -0.4 is 10.6 Å². The molecule has 0 aliphatic heterocycles. The van der Waals surface area contributed by atoms with Gasteiger partial charge in [0.25, 0.3) is 0 Å². The van der Waals surface area contributed by atoms with Gasteiger partial charge in [-0.05, 0) is 31.2 Å². The van der Waals surface area contributed by atoms with Gasteiger partial charge in [-0.1, -0.05) is 6.07 Å². The molecule has 0 amide bonds. The Kier molecular flexibility index (Phi) is 4.34. The molecule has 0 radical (unpaired) electrons. The van der Waals surface area contributed by atoms with Crippen molar-refractivity contribution in [1.29, 1.82) is 0 Å². The van der Waals surface area contributed by atoms with E-state index in [1.165, 1.54) is 9.75 Å². The van der Waals surface area contributed by atoms with Crippen LogP contribution in [0.2, 0.25) is 0 Å². The van der Waals surface area contributed by atoms with Crippen LogP contribution in [0, 0.1) is 6.92 Å². The van der Waals surface area contributed by atoms with Gasteiger partial charge >= 0.3 is 0 Å². The minimum Gasteiger partial charge on any atom is -0.352 e. The number of hydrogen-bond donors (Lipinski definition) is 2. The number of aliphatic imine (C=N–C) groups is 1. The van der Waals surface area contributed by atoms with Crippen LogP contribution in [-0.4, -0.2) is 27.6 Å².